The number of esters is 1. The van der Waals surface area contributed by atoms with Crippen LogP contribution in [0.1, 0.15) is 33.6 Å². The molecule has 9 heteroatoms. The molecule has 1 atom stereocenters. The van der Waals surface area contributed by atoms with E-state index >= 15 is 0 Å². The van der Waals surface area contributed by atoms with Crippen LogP contribution in [0, 0.1) is 0 Å². The number of ether oxygens (including phenoxy) is 1. The van der Waals surface area contributed by atoms with E-state index in [0.717, 1.165) is 31.0 Å². The number of fused-ring (bicyclic) bond motifs is 2. The number of piperidine rings is 1. The molecule has 2 rings (SSSR count). The standard InChI is InChI=1S/C7H13NO4.C6H10N2O2/c1-7(2,3)12-6(10)4-11-8-5-9;9-6-7-3-1-2-5(4-7)8(6)10/h5H,4H2,1-3H3,(H,8,9);5,10H,1-4H2. The SMILES string of the molecule is CC(C)(C)OC(=O)CONC=O.O=C1N2CCCC(C2)N1O. The Morgan fingerprint density at radius 3 is 2.68 bits per heavy atom. The minimum atomic E-state index is -0.526. The van der Waals surface area contributed by atoms with E-state index < -0.39 is 11.6 Å². The summed E-state index contributed by atoms with van der Waals surface area (Å²) < 4.78 is 4.86. The van der Waals surface area contributed by atoms with Crippen molar-refractivity contribution in [1.82, 2.24) is 15.4 Å². The summed E-state index contributed by atoms with van der Waals surface area (Å²) in [5.74, 6) is -0.517. The van der Waals surface area contributed by atoms with E-state index in [4.69, 9.17) is 9.94 Å². The maximum atomic E-state index is 11.0. The molecule has 2 saturated heterocycles. The van der Waals surface area contributed by atoms with Crippen molar-refractivity contribution in [2.24, 2.45) is 0 Å². The zero-order chi connectivity index (χ0) is 16.8. The molecule has 2 fully saturated rings. The van der Waals surface area contributed by atoms with Gasteiger partial charge in [-0.2, -0.15) is 0 Å². The number of hydroxylamine groups is 3. The Morgan fingerprint density at radius 2 is 2.18 bits per heavy atom. The molecule has 2 heterocycles. The van der Waals surface area contributed by atoms with E-state index in [1.54, 1.807) is 25.7 Å². The predicted octanol–water partition coefficient (Wildman–Crippen LogP) is 0.281. The van der Waals surface area contributed by atoms with Gasteiger partial charge in [-0.25, -0.2) is 20.1 Å². The minimum absolute atomic E-state index is 0.0706. The normalized spacial score (nSPS) is 20.2. The third-order valence-corrected chi connectivity index (χ3v) is 2.95. The lowest BCUT2D eigenvalue weighted by Gasteiger charge is -2.19. The highest BCUT2D eigenvalue weighted by atomic mass is 16.7. The Morgan fingerprint density at radius 1 is 1.50 bits per heavy atom. The molecular formula is C13H23N3O6. The Hall–Kier alpha value is -1.87. The van der Waals surface area contributed by atoms with Crippen LogP contribution in [0.15, 0.2) is 0 Å². The fourth-order valence-corrected chi connectivity index (χ4v) is 2.13. The van der Waals surface area contributed by atoms with Crippen LogP contribution in [0.3, 0.4) is 0 Å². The minimum Gasteiger partial charge on any atom is -0.458 e. The van der Waals surface area contributed by atoms with Crippen molar-refractivity contribution in [3.05, 3.63) is 0 Å². The van der Waals surface area contributed by atoms with Crippen LogP contribution in [0.4, 0.5) is 4.79 Å². The second-order valence-electron chi connectivity index (χ2n) is 5.98. The van der Waals surface area contributed by atoms with Gasteiger partial charge in [0, 0.05) is 13.1 Å². The molecule has 0 aromatic heterocycles. The topological polar surface area (TPSA) is 108 Å². The van der Waals surface area contributed by atoms with Gasteiger partial charge in [-0.15, -0.1) is 0 Å². The molecule has 2 aliphatic heterocycles. The van der Waals surface area contributed by atoms with Gasteiger partial charge in [0.15, 0.2) is 6.61 Å². The van der Waals surface area contributed by atoms with Crippen LogP contribution < -0.4 is 5.48 Å². The van der Waals surface area contributed by atoms with Crippen molar-refractivity contribution >= 4 is 18.4 Å². The average Bonchev–Trinajstić information content (AvgIpc) is 2.62. The molecule has 0 spiro atoms. The molecule has 2 bridgehead atoms. The highest BCUT2D eigenvalue weighted by molar-refractivity contribution is 5.76. The maximum Gasteiger partial charge on any atom is 0.344 e. The van der Waals surface area contributed by atoms with Crippen molar-refractivity contribution < 1.29 is 29.2 Å². The van der Waals surface area contributed by atoms with E-state index in [9.17, 15) is 14.4 Å². The van der Waals surface area contributed by atoms with Crippen molar-refractivity contribution in [3.8, 4) is 0 Å². The van der Waals surface area contributed by atoms with Crippen LogP contribution in [0.2, 0.25) is 0 Å². The molecule has 126 valence electrons. The van der Waals surface area contributed by atoms with Gasteiger partial charge in [0.05, 0.1) is 6.04 Å². The molecule has 0 saturated carbocycles. The molecule has 0 radical (unpaired) electrons. The summed E-state index contributed by atoms with van der Waals surface area (Å²) in [5.41, 5.74) is 1.36. The Bertz CT molecular complexity index is 405. The molecule has 2 N–H and O–H groups in total. The largest absolute Gasteiger partial charge is 0.458 e. The van der Waals surface area contributed by atoms with Crippen molar-refractivity contribution in [1.29, 1.82) is 0 Å². The fraction of sp³-hybridized carbons (Fsp3) is 0.769. The van der Waals surface area contributed by atoms with E-state index in [0.29, 0.717) is 6.41 Å². The van der Waals surface area contributed by atoms with Crippen molar-refractivity contribution in [2.75, 3.05) is 19.7 Å². The quantitative estimate of drug-likeness (QED) is 0.253. The lowest BCUT2D eigenvalue weighted by atomic mass is 10.1. The summed E-state index contributed by atoms with van der Waals surface area (Å²) in [5, 5.41) is 9.98. The van der Waals surface area contributed by atoms with Gasteiger partial charge in [0.1, 0.15) is 5.60 Å². The number of nitrogens with one attached hydrogen (secondary N) is 1. The molecule has 0 aliphatic carbocycles. The highest BCUT2D eigenvalue weighted by Crippen LogP contribution is 2.22. The molecule has 3 amide bonds. The van der Waals surface area contributed by atoms with Gasteiger partial charge in [-0.1, -0.05) is 0 Å². The van der Waals surface area contributed by atoms with Gasteiger partial charge in [-0.3, -0.25) is 14.8 Å². The second kappa shape index (κ2) is 7.95. The van der Waals surface area contributed by atoms with Gasteiger partial charge in [0.25, 0.3) is 0 Å². The summed E-state index contributed by atoms with van der Waals surface area (Å²) in [6.45, 7) is 6.49. The Balaban J connectivity index is 0.000000222. The molecular weight excluding hydrogens is 294 g/mol. The monoisotopic (exact) mass is 317 g/mol. The third kappa shape index (κ3) is 5.86. The van der Waals surface area contributed by atoms with Gasteiger partial charge < -0.3 is 9.64 Å². The summed E-state index contributed by atoms with van der Waals surface area (Å²) in [7, 11) is 0. The molecule has 0 aromatic carbocycles. The van der Waals surface area contributed by atoms with Crippen LogP contribution in [0.25, 0.3) is 0 Å². The van der Waals surface area contributed by atoms with Crippen LogP contribution >= 0.6 is 0 Å². The van der Waals surface area contributed by atoms with Gasteiger partial charge in [0.2, 0.25) is 6.41 Å². The Kier molecular flexibility index (Phi) is 6.57. The fourth-order valence-electron chi connectivity index (χ4n) is 2.13. The number of carbonyl (C=O) groups is 3. The highest BCUT2D eigenvalue weighted by Gasteiger charge is 2.38. The summed E-state index contributed by atoms with van der Waals surface area (Å²) in [4.78, 5) is 37.6. The van der Waals surface area contributed by atoms with E-state index in [1.165, 1.54) is 0 Å². The number of nitrogens with zero attached hydrogens (tertiary/aromatic N) is 2. The average molecular weight is 317 g/mol. The zero-order valence-corrected chi connectivity index (χ0v) is 13.1. The van der Waals surface area contributed by atoms with E-state index in [2.05, 4.69) is 4.84 Å². The number of hydrogen-bond donors (Lipinski definition) is 2. The van der Waals surface area contributed by atoms with E-state index in [1.807, 2.05) is 5.48 Å². The van der Waals surface area contributed by atoms with Crippen LogP contribution in [-0.2, 0) is 19.2 Å². The lowest BCUT2D eigenvalue weighted by molar-refractivity contribution is -0.163. The maximum absolute atomic E-state index is 11.0. The Labute approximate surface area is 129 Å². The molecule has 2 aliphatic rings. The molecule has 22 heavy (non-hydrogen) atoms. The molecule has 0 aromatic rings. The first kappa shape index (κ1) is 18.2. The summed E-state index contributed by atoms with van der Waals surface area (Å²) >= 11 is 0. The van der Waals surface area contributed by atoms with Crippen LogP contribution in [-0.4, -0.2) is 64.9 Å². The smallest absolute Gasteiger partial charge is 0.344 e. The second-order valence-corrected chi connectivity index (χ2v) is 5.98. The summed E-state index contributed by atoms with van der Waals surface area (Å²) in [6.07, 6.45) is 2.30. The van der Waals surface area contributed by atoms with E-state index in [-0.39, 0.29) is 18.7 Å². The molecule has 9 nitrogen and oxygen atoms in total. The van der Waals surface area contributed by atoms with Crippen LogP contribution in [0.5, 0.6) is 0 Å². The van der Waals surface area contributed by atoms with Crippen molar-refractivity contribution in [3.63, 3.8) is 0 Å². The first-order valence-corrected chi connectivity index (χ1v) is 7.04. The number of hydrogen-bond acceptors (Lipinski definition) is 6. The first-order valence-electron chi connectivity index (χ1n) is 7.04. The predicted molar refractivity (Wildman–Crippen MR) is 74.6 cm³/mol. The first-order chi connectivity index (χ1) is 10.2. The lowest BCUT2D eigenvalue weighted by Crippen LogP contribution is -2.30. The zero-order valence-electron chi connectivity index (χ0n) is 13.1. The number of rotatable bonds is 4. The number of carbonyl (C=O) groups excluding carboxylic acids is 3. The van der Waals surface area contributed by atoms with Gasteiger partial charge in [-0.05, 0) is 33.6 Å². The number of amides is 3. The third-order valence-electron chi connectivity index (χ3n) is 2.95. The molecule has 1 unspecified atom stereocenters. The van der Waals surface area contributed by atoms with Crippen molar-refractivity contribution in [2.45, 2.75) is 45.3 Å². The number of urea groups is 1. The summed E-state index contributed by atoms with van der Waals surface area (Å²) in [6, 6.07) is -0.149. The van der Waals surface area contributed by atoms with Gasteiger partial charge >= 0.3 is 12.0 Å².